The van der Waals surface area contributed by atoms with Crippen LogP contribution in [0.3, 0.4) is 0 Å². The predicted octanol–water partition coefficient (Wildman–Crippen LogP) is 1.47. The van der Waals surface area contributed by atoms with Gasteiger partial charge in [0.05, 0.1) is 6.42 Å². The van der Waals surface area contributed by atoms with Gasteiger partial charge in [-0.05, 0) is 36.5 Å². The smallest absolute Gasteiger partial charge is 0.307 e. The highest BCUT2D eigenvalue weighted by atomic mass is 16.5. The summed E-state index contributed by atoms with van der Waals surface area (Å²) in [6.07, 6.45) is 1.87. The van der Waals surface area contributed by atoms with Gasteiger partial charge in [0.15, 0.2) is 0 Å². The first-order valence-electron chi connectivity index (χ1n) is 6.82. The number of amides is 1. The molecule has 20 heavy (non-hydrogen) atoms. The van der Waals surface area contributed by atoms with E-state index >= 15 is 0 Å². The molecule has 1 saturated heterocycles. The number of carboxylic acids is 1. The van der Waals surface area contributed by atoms with E-state index in [-0.39, 0.29) is 12.3 Å². The summed E-state index contributed by atoms with van der Waals surface area (Å²) in [5.74, 6) is -0.580. The molecule has 0 radical (unpaired) electrons. The van der Waals surface area contributed by atoms with Crippen LogP contribution in [-0.2, 0) is 16.0 Å². The summed E-state index contributed by atoms with van der Waals surface area (Å²) in [5, 5.41) is 11.7. The highest BCUT2D eigenvalue weighted by Crippen LogP contribution is 2.13. The number of carboxylic acid groups (broad SMARTS) is 1. The Morgan fingerprint density at radius 1 is 1.30 bits per heavy atom. The number of carbonyl (C=O) groups is 2. The molecule has 0 bridgehead atoms. The average molecular weight is 277 g/mol. The molecule has 1 amide bonds. The molecule has 1 aromatic carbocycles. The van der Waals surface area contributed by atoms with Crippen LogP contribution < -0.4 is 5.32 Å². The number of nitrogens with one attached hydrogen (secondary N) is 1. The van der Waals surface area contributed by atoms with Crippen LogP contribution >= 0.6 is 0 Å². The van der Waals surface area contributed by atoms with E-state index in [0.29, 0.717) is 23.6 Å². The molecule has 1 heterocycles. The van der Waals surface area contributed by atoms with E-state index in [0.717, 1.165) is 26.1 Å². The lowest BCUT2D eigenvalue weighted by Gasteiger charge is -2.22. The van der Waals surface area contributed by atoms with Crippen LogP contribution in [0.2, 0.25) is 0 Å². The first-order chi connectivity index (χ1) is 9.65. The highest BCUT2D eigenvalue weighted by Gasteiger charge is 2.15. The highest BCUT2D eigenvalue weighted by molar-refractivity contribution is 5.94. The van der Waals surface area contributed by atoms with Gasteiger partial charge in [-0.15, -0.1) is 0 Å². The molecule has 2 N–H and O–H groups in total. The summed E-state index contributed by atoms with van der Waals surface area (Å²) in [4.78, 5) is 22.7. The van der Waals surface area contributed by atoms with Crippen LogP contribution in [0.5, 0.6) is 0 Å². The molecule has 1 fully saturated rings. The number of carbonyl (C=O) groups excluding carboxylic acids is 1. The van der Waals surface area contributed by atoms with Gasteiger partial charge in [0.2, 0.25) is 0 Å². The zero-order valence-corrected chi connectivity index (χ0v) is 11.3. The van der Waals surface area contributed by atoms with Crippen LogP contribution in [0.4, 0.5) is 0 Å². The molecule has 108 valence electrons. The third kappa shape index (κ3) is 4.35. The second-order valence-electron chi connectivity index (χ2n) is 5.04. The zero-order chi connectivity index (χ0) is 14.4. The Kier molecular flexibility index (Phi) is 5.12. The minimum Gasteiger partial charge on any atom is -0.481 e. The molecule has 0 spiro atoms. The maximum Gasteiger partial charge on any atom is 0.307 e. The number of hydrogen-bond acceptors (Lipinski definition) is 3. The Labute approximate surface area is 117 Å². The van der Waals surface area contributed by atoms with E-state index in [1.807, 2.05) is 0 Å². The Morgan fingerprint density at radius 3 is 2.75 bits per heavy atom. The first kappa shape index (κ1) is 14.5. The lowest BCUT2D eigenvalue weighted by molar-refractivity contribution is -0.136. The second kappa shape index (κ2) is 7.05. The van der Waals surface area contributed by atoms with E-state index in [9.17, 15) is 9.59 Å². The number of rotatable bonds is 5. The molecule has 0 saturated carbocycles. The summed E-state index contributed by atoms with van der Waals surface area (Å²) in [5.41, 5.74) is 1.15. The van der Waals surface area contributed by atoms with Gasteiger partial charge >= 0.3 is 5.97 Å². The predicted molar refractivity (Wildman–Crippen MR) is 73.7 cm³/mol. The second-order valence-corrected chi connectivity index (χ2v) is 5.04. The number of ether oxygens (including phenoxy) is 1. The lowest BCUT2D eigenvalue weighted by atomic mass is 10.0. The molecule has 1 aliphatic rings. The van der Waals surface area contributed by atoms with Crippen molar-refractivity contribution < 1.29 is 19.4 Å². The van der Waals surface area contributed by atoms with Gasteiger partial charge in [0, 0.05) is 25.3 Å². The summed E-state index contributed by atoms with van der Waals surface area (Å²) < 4.78 is 5.28. The minimum absolute atomic E-state index is 0.0684. The topological polar surface area (TPSA) is 75.6 Å². The molecule has 5 heteroatoms. The van der Waals surface area contributed by atoms with Crippen LogP contribution in [-0.4, -0.2) is 36.7 Å². The molecule has 1 aromatic rings. The van der Waals surface area contributed by atoms with Crippen molar-refractivity contribution in [1.82, 2.24) is 5.32 Å². The van der Waals surface area contributed by atoms with Gasteiger partial charge in [-0.25, -0.2) is 0 Å². The van der Waals surface area contributed by atoms with E-state index in [2.05, 4.69) is 5.32 Å². The van der Waals surface area contributed by atoms with Gasteiger partial charge in [0.1, 0.15) is 0 Å². The van der Waals surface area contributed by atoms with Crippen molar-refractivity contribution in [2.24, 2.45) is 5.92 Å². The molecular formula is C15H19NO4. The van der Waals surface area contributed by atoms with Gasteiger partial charge in [-0.1, -0.05) is 12.1 Å². The number of hydrogen-bond donors (Lipinski definition) is 2. The van der Waals surface area contributed by atoms with Crippen molar-refractivity contribution in [3.05, 3.63) is 35.4 Å². The molecule has 1 aliphatic heterocycles. The van der Waals surface area contributed by atoms with Crippen LogP contribution in [0.1, 0.15) is 28.8 Å². The normalized spacial score (nSPS) is 15.8. The van der Waals surface area contributed by atoms with Crippen molar-refractivity contribution in [3.8, 4) is 0 Å². The van der Waals surface area contributed by atoms with Crippen molar-refractivity contribution in [2.45, 2.75) is 19.3 Å². The largest absolute Gasteiger partial charge is 0.481 e. The molecule has 0 atom stereocenters. The number of aliphatic carboxylic acids is 1. The lowest BCUT2D eigenvalue weighted by Crippen LogP contribution is -2.32. The fourth-order valence-electron chi connectivity index (χ4n) is 2.29. The summed E-state index contributed by atoms with van der Waals surface area (Å²) in [6.45, 7) is 2.16. The molecule has 5 nitrogen and oxygen atoms in total. The monoisotopic (exact) mass is 277 g/mol. The van der Waals surface area contributed by atoms with E-state index in [1.54, 1.807) is 24.3 Å². The third-order valence-corrected chi connectivity index (χ3v) is 3.44. The van der Waals surface area contributed by atoms with Crippen LogP contribution in [0, 0.1) is 5.92 Å². The van der Waals surface area contributed by atoms with Crippen molar-refractivity contribution in [1.29, 1.82) is 0 Å². The Hall–Kier alpha value is -1.88. The summed E-state index contributed by atoms with van der Waals surface area (Å²) in [7, 11) is 0. The third-order valence-electron chi connectivity index (χ3n) is 3.44. The van der Waals surface area contributed by atoms with E-state index < -0.39 is 5.97 Å². The molecule has 0 unspecified atom stereocenters. The Morgan fingerprint density at radius 2 is 2.05 bits per heavy atom. The van der Waals surface area contributed by atoms with Gasteiger partial charge < -0.3 is 15.2 Å². The van der Waals surface area contributed by atoms with Crippen molar-refractivity contribution in [3.63, 3.8) is 0 Å². The van der Waals surface area contributed by atoms with Gasteiger partial charge in [0.25, 0.3) is 5.91 Å². The molecule has 0 aliphatic carbocycles. The van der Waals surface area contributed by atoms with Gasteiger partial charge in [-0.2, -0.15) is 0 Å². The first-order valence-corrected chi connectivity index (χ1v) is 6.82. The fraction of sp³-hybridized carbons (Fsp3) is 0.467. The maximum atomic E-state index is 12.0. The average Bonchev–Trinajstić information content (AvgIpc) is 2.45. The van der Waals surface area contributed by atoms with E-state index in [1.165, 1.54) is 0 Å². The van der Waals surface area contributed by atoms with Crippen molar-refractivity contribution >= 4 is 11.9 Å². The van der Waals surface area contributed by atoms with Crippen LogP contribution in [0.15, 0.2) is 24.3 Å². The van der Waals surface area contributed by atoms with E-state index in [4.69, 9.17) is 9.84 Å². The maximum absolute atomic E-state index is 12.0. The zero-order valence-electron chi connectivity index (χ0n) is 11.3. The summed E-state index contributed by atoms with van der Waals surface area (Å²) >= 11 is 0. The molecule has 2 rings (SSSR count). The SMILES string of the molecule is O=C(O)Cc1cccc(C(=O)NCC2CCOCC2)c1. The van der Waals surface area contributed by atoms with Gasteiger partial charge in [-0.3, -0.25) is 9.59 Å². The minimum atomic E-state index is -0.898. The van der Waals surface area contributed by atoms with Crippen LogP contribution in [0.25, 0.3) is 0 Å². The molecular weight excluding hydrogens is 258 g/mol. The summed E-state index contributed by atoms with van der Waals surface area (Å²) in [6, 6.07) is 6.75. The van der Waals surface area contributed by atoms with Crippen molar-refractivity contribution in [2.75, 3.05) is 19.8 Å². The quantitative estimate of drug-likeness (QED) is 0.854. The Bertz CT molecular complexity index is 481. The fourth-order valence-corrected chi connectivity index (χ4v) is 2.29. The Balaban J connectivity index is 1.89. The molecule has 0 aromatic heterocycles. The standard InChI is InChI=1S/C15H19NO4/c17-14(18)9-12-2-1-3-13(8-12)15(19)16-10-11-4-6-20-7-5-11/h1-3,8,11H,4-7,9-10H2,(H,16,19)(H,17,18). The number of benzene rings is 1.